The molecule has 8 heteroatoms. The second-order valence-corrected chi connectivity index (χ2v) is 9.07. The van der Waals surface area contributed by atoms with Gasteiger partial charge in [-0.1, -0.05) is 6.07 Å². The molecule has 2 aromatic carbocycles. The van der Waals surface area contributed by atoms with Crippen molar-refractivity contribution in [2.45, 2.75) is 24.7 Å². The zero-order chi connectivity index (χ0) is 20.5. The molecule has 1 saturated heterocycles. The Balaban J connectivity index is 1.80. The van der Waals surface area contributed by atoms with Gasteiger partial charge in [-0.05, 0) is 55.3 Å². The number of carbonyl (C=O) groups is 2. The number of carbonyl (C=O) groups excluding carboxylic acids is 2. The topological polar surface area (TPSA) is 86.8 Å². The van der Waals surface area contributed by atoms with Gasteiger partial charge in [0.1, 0.15) is 0 Å². The Kier molecular flexibility index (Phi) is 5.53. The number of nitrogens with zero attached hydrogens (tertiary/aromatic N) is 2. The van der Waals surface area contributed by atoms with Gasteiger partial charge in [0.05, 0.1) is 4.90 Å². The molecule has 0 aliphatic carbocycles. The fraction of sp³-hybridized carbons (Fsp3) is 0.300. The Morgan fingerprint density at radius 1 is 1.14 bits per heavy atom. The third-order valence-corrected chi connectivity index (χ3v) is 6.50. The van der Waals surface area contributed by atoms with Crippen molar-refractivity contribution in [1.29, 1.82) is 0 Å². The van der Waals surface area contributed by atoms with Crippen LogP contribution in [0.1, 0.15) is 28.8 Å². The van der Waals surface area contributed by atoms with Crippen LogP contribution in [0.3, 0.4) is 0 Å². The number of sulfonamides is 1. The first-order valence-corrected chi connectivity index (χ1v) is 10.4. The lowest BCUT2D eigenvalue weighted by Gasteiger charge is -2.19. The molecule has 1 aliphatic rings. The molecule has 0 unspecified atom stereocenters. The number of amides is 2. The van der Waals surface area contributed by atoms with Crippen molar-refractivity contribution < 1.29 is 18.0 Å². The predicted octanol–water partition coefficient (Wildman–Crippen LogP) is 2.62. The van der Waals surface area contributed by atoms with Crippen molar-refractivity contribution in [3.63, 3.8) is 0 Å². The standard InChI is InChI=1S/C20H23N3O4S/c1-14-12-16(9-10-18(14)23-11-5-8-19(23)24)21-20(25)15-6-4-7-17(13-15)28(26,27)22(2)3/h4,6-7,9-10,12-13H,5,8,11H2,1-3H3,(H,21,25). The van der Waals surface area contributed by atoms with Crippen LogP contribution in [0, 0.1) is 6.92 Å². The summed E-state index contributed by atoms with van der Waals surface area (Å²) in [5.41, 5.74) is 2.56. The molecule has 1 aliphatic heterocycles. The van der Waals surface area contributed by atoms with Crippen molar-refractivity contribution in [1.82, 2.24) is 4.31 Å². The summed E-state index contributed by atoms with van der Waals surface area (Å²) in [6.45, 7) is 2.60. The zero-order valence-corrected chi connectivity index (χ0v) is 16.9. The Morgan fingerprint density at radius 3 is 2.50 bits per heavy atom. The van der Waals surface area contributed by atoms with Gasteiger partial charge in [-0.3, -0.25) is 9.59 Å². The van der Waals surface area contributed by atoms with E-state index in [4.69, 9.17) is 0 Å². The smallest absolute Gasteiger partial charge is 0.255 e. The first-order valence-electron chi connectivity index (χ1n) is 8.95. The third kappa shape index (κ3) is 3.93. The molecule has 3 rings (SSSR count). The van der Waals surface area contributed by atoms with Crippen molar-refractivity contribution in [2.24, 2.45) is 0 Å². The Morgan fingerprint density at radius 2 is 1.89 bits per heavy atom. The highest BCUT2D eigenvalue weighted by molar-refractivity contribution is 7.89. The summed E-state index contributed by atoms with van der Waals surface area (Å²) in [5, 5.41) is 2.79. The monoisotopic (exact) mass is 401 g/mol. The van der Waals surface area contributed by atoms with Gasteiger partial charge >= 0.3 is 0 Å². The molecule has 1 fully saturated rings. The molecular formula is C20H23N3O4S. The minimum absolute atomic E-state index is 0.0595. The first kappa shape index (κ1) is 20.0. The highest BCUT2D eigenvalue weighted by Crippen LogP contribution is 2.27. The summed E-state index contributed by atoms with van der Waals surface area (Å²) in [6.07, 6.45) is 1.41. The number of hydrogen-bond donors (Lipinski definition) is 1. The van der Waals surface area contributed by atoms with Crippen LogP contribution in [0.4, 0.5) is 11.4 Å². The number of anilines is 2. The zero-order valence-electron chi connectivity index (χ0n) is 16.1. The molecule has 2 aromatic rings. The van der Waals surface area contributed by atoms with E-state index in [9.17, 15) is 18.0 Å². The molecule has 1 N–H and O–H groups in total. The average Bonchev–Trinajstić information content (AvgIpc) is 3.07. The number of nitrogens with one attached hydrogen (secondary N) is 1. The van der Waals surface area contributed by atoms with E-state index in [2.05, 4.69) is 5.32 Å². The predicted molar refractivity (Wildman–Crippen MR) is 108 cm³/mol. The van der Waals surface area contributed by atoms with Crippen molar-refractivity contribution >= 4 is 33.2 Å². The summed E-state index contributed by atoms with van der Waals surface area (Å²) in [6, 6.07) is 11.3. The number of hydrogen-bond acceptors (Lipinski definition) is 4. The maximum atomic E-state index is 12.6. The quantitative estimate of drug-likeness (QED) is 0.834. The Labute approximate surface area is 165 Å². The summed E-state index contributed by atoms with van der Waals surface area (Å²) < 4.78 is 25.6. The van der Waals surface area contributed by atoms with E-state index in [1.807, 2.05) is 13.0 Å². The van der Waals surface area contributed by atoms with Gasteiger partial charge in [0, 0.05) is 44.0 Å². The molecule has 7 nitrogen and oxygen atoms in total. The van der Waals surface area contributed by atoms with Gasteiger partial charge in [0.15, 0.2) is 0 Å². The maximum Gasteiger partial charge on any atom is 0.255 e. The van der Waals surface area contributed by atoms with E-state index in [1.54, 1.807) is 29.2 Å². The van der Waals surface area contributed by atoms with Gasteiger partial charge in [0.2, 0.25) is 15.9 Å². The Bertz CT molecular complexity index is 1030. The van der Waals surface area contributed by atoms with Gasteiger partial charge < -0.3 is 10.2 Å². The molecule has 0 saturated carbocycles. The van der Waals surface area contributed by atoms with Crippen LogP contribution < -0.4 is 10.2 Å². The van der Waals surface area contributed by atoms with Crippen LogP contribution in [-0.4, -0.2) is 45.2 Å². The largest absolute Gasteiger partial charge is 0.322 e. The van der Waals surface area contributed by atoms with Crippen molar-refractivity contribution in [3.8, 4) is 0 Å². The van der Waals surface area contributed by atoms with E-state index >= 15 is 0 Å². The van der Waals surface area contributed by atoms with Crippen LogP contribution >= 0.6 is 0 Å². The number of aryl methyl sites for hydroxylation is 1. The molecule has 2 amide bonds. The van der Waals surface area contributed by atoms with Gasteiger partial charge in [0.25, 0.3) is 5.91 Å². The highest BCUT2D eigenvalue weighted by atomic mass is 32.2. The summed E-state index contributed by atoms with van der Waals surface area (Å²) >= 11 is 0. The average molecular weight is 401 g/mol. The van der Waals surface area contributed by atoms with Crippen LogP contribution in [0.25, 0.3) is 0 Å². The van der Waals surface area contributed by atoms with E-state index in [-0.39, 0.29) is 16.4 Å². The summed E-state index contributed by atoms with van der Waals surface area (Å²) in [7, 11) is -0.733. The van der Waals surface area contributed by atoms with Crippen LogP contribution in [0.15, 0.2) is 47.4 Å². The van der Waals surface area contributed by atoms with Gasteiger partial charge in [-0.25, -0.2) is 12.7 Å². The molecule has 0 bridgehead atoms. The lowest BCUT2D eigenvalue weighted by Crippen LogP contribution is -2.24. The normalized spacial score (nSPS) is 14.6. The molecule has 0 aromatic heterocycles. The maximum absolute atomic E-state index is 12.6. The fourth-order valence-corrected chi connectivity index (χ4v) is 4.10. The molecule has 28 heavy (non-hydrogen) atoms. The highest BCUT2D eigenvalue weighted by Gasteiger charge is 2.23. The Hall–Kier alpha value is -2.71. The number of rotatable bonds is 5. The van der Waals surface area contributed by atoms with Gasteiger partial charge in [-0.15, -0.1) is 0 Å². The van der Waals surface area contributed by atoms with E-state index in [1.165, 1.54) is 26.2 Å². The SMILES string of the molecule is Cc1cc(NC(=O)c2cccc(S(=O)(=O)N(C)C)c2)ccc1N1CCCC1=O. The molecule has 0 spiro atoms. The fourth-order valence-electron chi connectivity index (χ4n) is 3.15. The second-order valence-electron chi connectivity index (χ2n) is 6.92. The third-order valence-electron chi connectivity index (χ3n) is 4.69. The van der Waals surface area contributed by atoms with Crippen molar-refractivity contribution in [2.75, 3.05) is 30.9 Å². The van der Waals surface area contributed by atoms with E-state index in [0.29, 0.717) is 18.7 Å². The van der Waals surface area contributed by atoms with E-state index < -0.39 is 15.9 Å². The van der Waals surface area contributed by atoms with Crippen LogP contribution in [-0.2, 0) is 14.8 Å². The molecule has 0 radical (unpaired) electrons. The minimum atomic E-state index is -3.62. The van der Waals surface area contributed by atoms with Gasteiger partial charge in [-0.2, -0.15) is 0 Å². The lowest BCUT2D eigenvalue weighted by atomic mass is 10.1. The van der Waals surface area contributed by atoms with Crippen LogP contribution in [0.2, 0.25) is 0 Å². The van der Waals surface area contributed by atoms with E-state index in [0.717, 1.165) is 22.0 Å². The second kappa shape index (κ2) is 7.73. The molecule has 1 heterocycles. The molecule has 148 valence electrons. The number of benzene rings is 2. The van der Waals surface area contributed by atoms with Crippen LogP contribution in [0.5, 0.6) is 0 Å². The first-order chi connectivity index (χ1) is 13.2. The summed E-state index contributed by atoms with van der Waals surface area (Å²) in [4.78, 5) is 26.3. The minimum Gasteiger partial charge on any atom is -0.322 e. The lowest BCUT2D eigenvalue weighted by molar-refractivity contribution is -0.117. The molecular weight excluding hydrogens is 378 g/mol. The summed E-state index contributed by atoms with van der Waals surface area (Å²) in [5.74, 6) is -0.293. The molecule has 0 atom stereocenters. The van der Waals surface area contributed by atoms with Crippen molar-refractivity contribution in [3.05, 3.63) is 53.6 Å².